The van der Waals surface area contributed by atoms with Gasteiger partial charge in [0.25, 0.3) is 11.7 Å². The number of hydrogen-bond acceptors (Lipinski definition) is 5. The summed E-state index contributed by atoms with van der Waals surface area (Å²) in [6, 6.07) is 18.4. The number of ether oxygens (including phenoxy) is 2. The van der Waals surface area contributed by atoms with Crippen molar-refractivity contribution in [1.82, 2.24) is 4.90 Å². The van der Waals surface area contributed by atoms with Gasteiger partial charge in [0, 0.05) is 13.7 Å². The molecule has 3 aromatic carbocycles. The summed E-state index contributed by atoms with van der Waals surface area (Å²) >= 11 is 0. The van der Waals surface area contributed by atoms with Gasteiger partial charge in [-0.25, -0.2) is 0 Å². The van der Waals surface area contributed by atoms with Crippen LogP contribution in [0, 0.1) is 0 Å². The maximum absolute atomic E-state index is 13.4. The van der Waals surface area contributed by atoms with Crippen LogP contribution in [0.2, 0.25) is 0 Å². The Balaban J connectivity index is 2.00. The first-order chi connectivity index (χ1) is 16.7. The first-order valence-electron chi connectivity index (χ1n) is 11.6. The Labute approximate surface area is 205 Å². The molecule has 0 saturated carbocycles. The van der Waals surface area contributed by atoms with Gasteiger partial charge in [-0.2, -0.15) is 0 Å². The SMILES string of the molecule is COCCN1C(=O)C(=O)/C(=C(/O)c2cc(C(C)(C)C)ccc2OC)C1c1cccc2ccccc12. The van der Waals surface area contributed by atoms with Crippen molar-refractivity contribution in [2.45, 2.75) is 32.2 Å². The molecular weight excluding hydrogens is 442 g/mol. The molecule has 6 heteroatoms. The third-order valence-corrected chi connectivity index (χ3v) is 6.51. The molecule has 1 aliphatic rings. The summed E-state index contributed by atoms with van der Waals surface area (Å²) in [6.45, 7) is 6.68. The van der Waals surface area contributed by atoms with Gasteiger partial charge < -0.3 is 19.5 Å². The molecule has 4 rings (SSSR count). The van der Waals surface area contributed by atoms with E-state index >= 15 is 0 Å². The highest BCUT2D eigenvalue weighted by molar-refractivity contribution is 6.46. The van der Waals surface area contributed by atoms with Gasteiger partial charge in [-0.3, -0.25) is 9.59 Å². The number of fused-ring (bicyclic) bond motifs is 1. The van der Waals surface area contributed by atoms with Crippen molar-refractivity contribution in [2.75, 3.05) is 27.4 Å². The fourth-order valence-electron chi connectivity index (χ4n) is 4.62. The number of aliphatic hydroxyl groups excluding tert-OH is 1. The predicted molar refractivity (Wildman–Crippen MR) is 137 cm³/mol. The van der Waals surface area contributed by atoms with Crippen LogP contribution in [0.5, 0.6) is 5.75 Å². The molecular formula is C29H31NO5. The molecule has 1 saturated heterocycles. The van der Waals surface area contributed by atoms with Gasteiger partial charge in [-0.05, 0) is 39.4 Å². The van der Waals surface area contributed by atoms with Crippen molar-refractivity contribution in [2.24, 2.45) is 0 Å². The standard InChI is InChI=1S/C29H31NO5/c1-29(2,3)19-13-14-23(35-5)22(17-19)26(31)24-25(30(15-16-34-4)28(33)27(24)32)21-12-8-10-18-9-6-7-11-20(18)21/h6-14,17,25,31H,15-16H2,1-5H3/b26-24+. The molecule has 0 bridgehead atoms. The van der Waals surface area contributed by atoms with Crippen molar-refractivity contribution in [1.29, 1.82) is 0 Å². The van der Waals surface area contributed by atoms with Crippen LogP contribution in [0.25, 0.3) is 16.5 Å². The number of Topliss-reactive ketones (excluding diaryl/α,β-unsaturated/α-hetero) is 1. The van der Waals surface area contributed by atoms with Crippen LogP contribution in [0.15, 0.2) is 66.2 Å². The third kappa shape index (κ3) is 4.42. The molecule has 1 fully saturated rings. The second kappa shape index (κ2) is 9.55. The number of aliphatic hydroxyl groups is 1. The summed E-state index contributed by atoms with van der Waals surface area (Å²) < 4.78 is 10.8. The molecule has 0 aliphatic carbocycles. The number of nitrogens with zero attached hydrogens (tertiary/aromatic N) is 1. The van der Waals surface area contributed by atoms with Crippen molar-refractivity contribution >= 4 is 28.2 Å². The highest BCUT2D eigenvalue weighted by Gasteiger charge is 2.46. The summed E-state index contributed by atoms with van der Waals surface area (Å²) in [6.07, 6.45) is 0. The van der Waals surface area contributed by atoms with E-state index in [9.17, 15) is 14.7 Å². The Bertz CT molecular complexity index is 1310. The molecule has 35 heavy (non-hydrogen) atoms. The number of carbonyl (C=O) groups is 2. The fourth-order valence-corrected chi connectivity index (χ4v) is 4.62. The molecule has 182 valence electrons. The first kappa shape index (κ1) is 24.5. The van der Waals surface area contributed by atoms with Crippen molar-refractivity contribution < 1.29 is 24.2 Å². The van der Waals surface area contributed by atoms with Gasteiger partial charge in [-0.1, -0.05) is 69.3 Å². The molecule has 3 aromatic rings. The summed E-state index contributed by atoms with van der Waals surface area (Å²) in [7, 11) is 3.06. The Kier molecular flexibility index (Phi) is 6.68. The summed E-state index contributed by atoms with van der Waals surface area (Å²) in [4.78, 5) is 28.1. The highest BCUT2D eigenvalue weighted by Crippen LogP contribution is 2.43. The summed E-state index contributed by atoms with van der Waals surface area (Å²) in [5, 5.41) is 13.5. The normalized spacial score (nSPS) is 17.9. The Hall–Kier alpha value is -3.64. The molecule has 0 spiro atoms. The van der Waals surface area contributed by atoms with Gasteiger partial charge in [-0.15, -0.1) is 0 Å². The van der Waals surface area contributed by atoms with E-state index in [0.29, 0.717) is 11.3 Å². The van der Waals surface area contributed by atoms with Crippen LogP contribution in [0.4, 0.5) is 0 Å². The van der Waals surface area contributed by atoms with Gasteiger partial charge in [0.05, 0.1) is 30.9 Å². The van der Waals surface area contributed by atoms with E-state index in [1.165, 1.54) is 12.0 Å². The second-order valence-corrected chi connectivity index (χ2v) is 9.72. The highest BCUT2D eigenvalue weighted by atomic mass is 16.5. The number of rotatable bonds is 6. The van der Waals surface area contributed by atoms with E-state index in [1.807, 2.05) is 54.6 Å². The third-order valence-electron chi connectivity index (χ3n) is 6.51. The Morgan fingerprint density at radius 3 is 2.40 bits per heavy atom. The molecule has 1 heterocycles. The molecule has 6 nitrogen and oxygen atoms in total. The van der Waals surface area contributed by atoms with Gasteiger partial charge >= 0.3 is 0 Å². The largest absolute Gasteiger partial charge is 0.507 e. The molecule has 1 N–H and O–H groups in total. The zero-order chi connectivity index (χ0) is 25.3. The molecule has 0 radical (unpaired) electrons. The monoisotopic (exact) mass is 473 g/mol. The number of likely N-dealkylation sites (tertiary alicyclic amines) is 1. The van der Waals surface area contributed by atoms with Crippen LogP contribution < -0.4 is 4.74 Å². The van der Waals surface area contributed by atoms with E-state index in [0.717, 1.165) is 21.9 Å². The fraction of sp³-hybridized carbons (Fsp3) is 0.310. The van der Waals surface area contributed by atoms with E-state index in [2.05, 4.69) is 20.8 Å². The van der Waals surface area contributed by atoms with Gasteiger partial charge in [0.1, 0.15) is 11.5 Å². The molecule has 0 aromatic heterocycles. The number of carbonyl (C=O) groups excluding carboxylic acids is 2. The summed E-state index contributed by atoms with van der Waals surface area (Å²) in [5.41, 5.74) is 1.98. The zero-order valence-corrected chi connectivity index (χ0v) is 20.8. The van der Waals surface area contributed by atoms with Gasteiger partial charge in [0.2, 0.25) is 0 Å². The minimum Gasteiger partial charge on any atom is -0.507 e. The van der Waals surface area contributed by atoms with E-state index < -0.39 is 17.7 Å². The predicted octanol–water partition coefficient (Wildman–Crippen LogP) is 5.21. The minimum atomic E-state index is -0.765. The van der Waals surface area contributed by atoms with Gasteiger partial charge in [0.15, 0.2) is 0 Å². The number of hydrogen-bond donors (Lipinski definition) is 1. The number of methoxy groups -OCH3 is 2. The topological polar surface area (TPSA) is 76.1 Å². The van der Waals surface area contributed by atoms with E-state index in [1.54, 1.807) is 13.2 Å². The first-order valence-corrected chi connectivity index (χ1v) is 11.6. The molecule has 1 atom stereocenters. The van der Waals surface area contributed by atoms with Crippen LogP contribution in [-0.4, -0.2) is 49.1 Å². The smallest absolute Gasteiger partial charge is 0.295 e. The molecule has 1 aliphatic heterocycles. The van der Waals surface area contributed by atoms with Crippen LogP contribution in [0.1, 0.15) is 43.5 Å². The Morgan fingerprint density at radius 2 is 1.71 bits per heavy atom. The lowest BCUT2D eigenvalue weighted by atomic mass is 9.85. The van der Waals surface area contributed by atoms with Crippen LogP contribution in [-0.2, 0) is 19.7 Å². The number of amides is 1. The Morgan fingerprint density at radius 1 is 1.00 bits per heavy atom. The van der Waals surface area contributed by atoms with Crippen LogP contribution in [0.3, 0.4) is 0 Å². The number of benzene rings is 3. The minimum absolute atomic E-state index is 0.0480. The lowest BCUT2D eigenvalue weighted by Gasteiger charge is -2.26. The quantitative estimate of drug-likeness (QED) is 0.302. The lowest BCUT2D eigenvalue weighted by Crippen LogP contribution is -2.32. The van der Waals surface area contributed by atoms with Crippen molar-refractivity contribution in [3.8, 4) is 5.75 Å². The average Bonchev–Trinajstić information content (AvgIpc) is 3.10. The maximum atomic E-state index is 13.4. The molecule has 1 amide bonds. The lowest BCUT2D eigenvalue weighted by molar-refractivity contribution is -0.140. The van der Waals surface area contributed by atoms with Crippen molar-refractivity contribution in [3.63, 3.8) is 0 Å². The second-order valence-electron chi connectivity index (χ2n) is 9.72. The molecule has 1 unspecified atom stereocenters. The zero-order valence-electron chi connectivity index (χ0n) is 20.8. The number of ketones is 1. The van der Waals surface area contributed by atoms with E-state index in [4.69, 9.17) is 9.47 Å². The maximum Gasteiger partial charge on any atom is 0.295 e. The van der Waals surface area contributed by atoms with E-state index in [-0.39, 0.29) is 29.9 Å². The van der Waals surface area contributed by atoms with Crippen molar-refractivity contribution in [3.05, 3.63) is 82.9 Å². The van der Waals surface area contributed by atoms with Crippen LogP contribution >= 0.6 is 0 Å². The summed E-state index contributed by atoms with van der Waals surface area (Å²) in [5.74, 6) is -1.20. The average molecular weight is 474 g/mol.